The van der Waals surface area contributed by atoms with Gasteiger partial charge in [-0.2, -0.15) is 0 Å². The SMILES string of the molecule is Cc1ccc(OC2CO[C@H]3CN(C(=O)c4ccc5cnccc5n4)C[C@@H]3OC2)cn1. The molecule has 30 heavy (non-hydrogen) atoms. The van der Waals surface area contributed by atoms with Gasteiger partial charge in [0.25, 0.3) is 5.91 Å². The van der Waals surface area contributed by atoms with Crippen LogP contribution in [0.2, 0.25) is 0 Å². The molecule has 2 fully saturated rings. The number of ether oxygens (including phenoxy) is 3. The average Bonchev–Trinajstić information content (AvgIpc) is 3.10. The molecule has 0 aliphatic carbocycles. The fraction of sp³-hybridized carbons (Fsp3) is 0.364. The Morgan fingerprint density at radius 3 is 2.60 bits per heavy atom. The number of pyridine rings is 3. The van der Waals surface area contributed by atoms with Crippen LogP contribution in [0.25, 0.3) is 10.9 Å². The van der Waals surface area contributed by atoms with Crippen molar-refractivity contribution in [2.24, 2.45) is 0 Å². The summed E-state index contributed by atoms with van der Waals surface area (Å²) in [4.78, 5) is 27.5. The Balaban J connectivity index is 1.22. The van der Waals surface area contributed by atoms with Crippen molar-refractivity contribution < 1.29 is 19.0 Å². The van der Waals surface area contributed by atoms with Crippen molar-refractivity contribution in [2.75, 3.05) is 26.3 Å². The molecule has 0 N–H and O–H groups in total. The van der Waals surface area contributed by atoms with E-state index in [1.54, 1.807) is 35.6 Å². The first-order valence-corrected chi connectivity index (χ1v) is 9.98. The number of likely N-dealkylation sites (tertiary alicyclic amines) is 1. The number of hydrogen-bond acceptors (Lipinski definition) is 7. The Kier molecular flexibility index (Phi) is 5.02. The van der Waals surface area contributed by atoms with Gasteiger partial charge in [-0.15, -0.1) is 0 Å². The summed E-state index contributed by atoms with van der Waals surface area (Å²) in [7, 11) is 0. The summed E-state index contributed by atoms with van der Waals surface area (Å²) in [5.41, 5.74) is 2.10. The average molecular weight is 406 g/mol. The zero-order valence-electron chi connectivity index (χ0n) is 16.6. The van der Waals surface area contributed by atoms with Crippen LogP contribution in [0.1, 0.15) is 16.2 Å². The summed E-state index contributed by atoms with van der Waals surface area (Å²) >= 11 is 0. The quantitative estimate of drug-likeness (QED) is 0.658. The van der Waals surface area contributed by atoms with E-state index < -0.39 is 0 Å². The minimum Gasteiger partial charge on any atom is -0.484 e. The van der Waals surface area contributed by atoms with Gasteiger partial charge in [0.05, 0.1) is 24.9 Å². The summed E-state index contributed by atoms with van der Waals surface area (Å²) in [5.74, 6) is 0.576. The lowest BCUT2D eigenvalue weighted by atomic mass is 10.2. The third-order valence-electron chi connectivity index (χ3n) is 5.39. The van der Waals surface area contributed by atoms with Gasteiger partial charge in [0.2, 0.25) is 0 Å². The number of hydrogen-bond donors (Lipinski definition) is 0. The lowest BCUT2D eigenvalue weighted by molar-refractivity contribution is -0.00461. The normalized spacial score (nSPS) is 22.0. The second kappa shape index (κ2) is 7.97. The van der Waals surface area contributed by atoms with Gasteiger partial charge < -0.3 is 19.1 Å². The van der Waals surface area contributed by atoms with E-state index in [4.69, 9.17) is 14.2 Å². The molecule has 5 rings (SSSR count). The Morgan fingerprint density at radius 2 is 1.87 bits per heavy atom. The molecule has 0 spiro atoms. The fourth-order valence-electron chi connectivity index (χ4n) is 3.77. The smallest absolute Gasteiger partial charge is 0.272 e. The second-order valence-corrected chi connectivity index (χ2v) is 7.59. The van der Waals surface area contributed by atoms with Gasteiger partial charge in [0, 0.05) is 36.6 Å². The van der Waals surface area contributed by atoms with Crippen LogP contribution in [-0.4, -0.2) is 70.4 Å². The van der Waals surface area contributed by atoms with Crippen molar-refractivity contribution in [3.8, 4) is 5.75 Å². The van der Waals surface area contributed by atoms with Gasteiger partial charge in [-0.3, -0.25) is 14.8 Å². The van der Waals surface area contributed by atoms with E-state index >= 15 is 0 Å². The van der Waals surface area contributed by atoms with Gasteiger partial charge >= 0.3 is 0 Å². The number of aromatic nitrogens is 3. The van der Waals surface area contributed by atoms with E-state index in [0.717, 1.165) is 16.6 Å². The molecule has 0 bridgehead atoms. The summed E-state index contributed by atoms with van der Waals surface area (Å²) < 4.78 is 18.0. The molecule has 0 radical (unpaired) electrons. The summed E-state index contributed by atoms with van der Waals surface area (Å²) in [5, 5.41) is 0.905. The molecule has 2 aliphatic heterocycles. The van der Waals surface area contributed by atoms with Gasteiger partial charge in [-0.25, -0.2) is 4.98 Å². The lowest BCUT2D eigenvalue weighted by Gasteiger charge is -2.19. The van der Waals surface area contributed by atoms with Crippen LogP contribution in [-0.2, 0) is 9.47 Å². The van der Waals surface area contributed by atoms with Crippen LogP contribution >= 0.6 is 0 Å². The molecule has 0 aromatic carbocycles. The first-order chi connectivity index (χ1) is 14.7. The minimum atomic E-state index is -0.208. The number of carbonyl (C=O) groups excluding carboxylic acids is 1. The Morgan fingerprint density at radius 1 is 1.07 bits per heavy atom. The van der Waals surface area contributed by atoms with Crippen molar-refractivity contribution in [1.29, 1.82) is 0 Å². The lowest BCUT2D eigenvalue weighted by Crippen LogP contribution is -2.33. The number of fused-ring (bicyclic) bond motifs is 2. The molecule has 0 saturated carbocycles. The van der Waals surface area contributed by atoms with Crippen LogP contribution in [0.4, 0.5) is 0 Å². The van der Waals surface area contributed by atoms with Gasteiger partial charge in [0.15, 0.2) is 0 Å². The van der Waals surface area contributed by atoms with E-state index in [9.17, 15) is 4.79 Å². The molecule has 2 aliphatic rings. The van der Waals surface area contributed by atoms with Gasteiger partial charge in [0.1, 0.15) is 29.8 Å². The van der Waals surface area contributed by atoms with Crippen molar-refractivity contribution >= 4 is 16.8 Å². The topological polar surface area (TPSA) is 86.7 Å². The van der Waals surface area contributed by atoms with Crippen LogP contribution in [0.15, 0.2) is 48.9 Å². The van der Waals surface area contributed by atoms with Crippen molar-refractivity contribution in [3.63, 3.8) is 0 Å². The maximum Gasteiger partial charge on any atom is 0.272 e. The zero-order chi connectivity index (χ0) is 20.5. The van der Waals surface area contributed by atoms with E-state index in [1.165, 1.54) is 0 Å². The molecule has 5 heterocycles. The highest BCUT2D eigenvalue weighted by Gasteiger charge is 2.40. The third-order valence-corrected chi connectivity index (χ3v) is 5.39. The standard InChI is InChI=1S/C22H22N4O4/c1-14-2-4-16(9-24-14)30-17-12-28-20-10-26(11-21(20)29-13-17)22(27)19-5-3-15-8-23-7-6-18(15)25-19/h2-9,17,20-21H,10-13H2,1H3/t20-,21-/m0/s1. The fourth-order valence-corrected chi connectivity index (χ4v) is 3.77. The van der Waals surface area contributed by atoms with E-state index in [2.05, 4.69) is 15.0 Å². The van der Waals surface area contributed by atoms with Crippen molar-refractivity contribution in [3.05, 3.63) is 60.3 Å². The number of amides is 1. The second-order valence-electron chi connectivity index (χ2n) is 7.59. The Hall–Kier alpha value is -3.10. The zero-order valence-corrected chi connectivity index (χ0v) is 16.6. The Bertz CT molecular complexity index is 1040. The maximum atomic E-state index is 13.0. The van der Waals surface area contributed by atoms with Crippen LogP contribution in [0.5, 0.6) is 5.75 Å². The molecule has 8 nitrogen and oxygen atoms in total. The highest BCUT2D eigenvalue weighted by Crippen LogP contribution is 2.23. The van der Waals surface area contributed by atoms with Gasteiger partial charge in [-0.1, -0.05) is 0 Å². The number of nitrogens with zero attached hydrogens (tertiary/aromatic N) is 4. The molecule has 8 heteroatoms. The molecule has 2 saturated heterocycles. The van der Waals surface area contributed by atoms with E-state index in [1.807, 2.05) is 25.1 Å². The molecule has 154 valence electrons. The molecule has 1 amide bonds. The summed E-state index contributed by atoms with van der Waals surface area (Å²) in [6, 6.07) is 9.20. The van der Waals surface area contributed by atoms with Crippen LogP contribution in [0.3, 0.4) is 0 Å². The molecule has 3 aromatic heterocycles. The molecule has 0 unspecified atom stereocenters. The highest BCUT2D eigenvalue weighted by atomic mass is 16.6. The predicted molar refractivity (Wildman–Crippen MR) is 108 cm³/mol. The minimum absolute atomic E-state index is 0.118. The van der Waals surface area contributed by atoms with Crippen molar-refractivity contribution in [2.45, 2.75) is 25.2 Å². The molecular formula is C22H22N4O4. The third kappa shape index (κ3) is 3.83. The Labute approximate surface area is 173 Å². The summed E-state index contributed by atoms with van der Waals surface area (Å²) in [6.07, 6.45) is 4.54. The molecular weight excluding hydrogens is 384 g/mol. The predicted octanol–water partition coefficient (Wildman–Crippen LogP) is 2.02. The van der Waals surface area contributed by atoms with Crippen LogP contribution < -0.4 is 4.74 Å². The monoisotopic (exact) mass is 406 g/mol. The summed E-state index contributed by atoms with van der Waals surface area (Å²) in [6.45, 7) is 3.67. The number of rotatable bonds is 3. The van der Waals surface area contributed by atoms with E-state index in [-0.39, 0.29) is 24.2 Å². The largest absolute Gasteiger partial charge is 0.484 e. The maximum absolute atomic E-state index is 13.0. The van der Waals surface area contributed by atoms with E-state index in [0.29, 0.717) is 37.7 Å². The number of aryl methyl sites for hydroxylation is 1. The highest BCUT2D eigenvalue weighted by molar-refractivity contribution is 5.95. The molecule has 3 aromatic rings. The first kappa shape index (κ1) is 18.9. The van der Waals surface area contributed by atoms with Crippen molar-refractivity contribution in [1.82, 2.24) is 19.9 Å². The first-order valence-electron chi connectivity index (χ1n) is 9.98. The number of carbonyl (C=O) groups is 1. The van der Waals surface area contributed by atoms with Gasteiger partial charge in [-0.05, 0) is 37.3 Å². The van der Waals surface area contributed by atoms with Crippen LogP contribution in [0, 0.1) is 6.92 Å². The molecule has 2 atom stereocenters.